The van der Waals surface area contributed by atoms with Gasteiger partial charge in [0.1, 0.15) is 5.75 Å². The first kappa shape index (κ1) is 29.4. The minimum absolute atomic E-state index is 0.0292. The Morgan fingerprint density at radius 1 is 0.800 bits per heavy atom. The van der Waals surface area contributed by atoms with E-state index in [1.165, 1.54) is 12.1 Å². The van der Waals surface area contributed by atoms with Crippen molar-refractivity contribution in [2.75, 3.05) is 6.54 Å². The van der Waals surface area contributed by atoms with Crippen LogP contribution in [-0.2, 0) is 17.3 Å². The summed E-state index contributed by atoms with van der Waals surface area (Å²) in [5.74, 6) is -17.6. The number of nitrogens with zero attached hydrogens (tertiary/aromatic N) is 1. The first-order valence-electron chi connectivity index (χ1n) is 10.4. The maximum absolute atomic E-state index is 15.0. The van der Waals surface area contributed by atoms with Crippen molar-refractivity contribution in [1.82, 2.24) is 4.90 Å². The molecule has 202 valence electrons. The van der Waals surface area contributed by atoms with E-state index >= 15 is 4.39 Å². The van der Waals surface area contributed by atoms with Crippen LogP contribution < -0.4 is 0 Å². The Morgan fingerprint density at radius 2 is 1.20 bits per heavy atom. The third-order valence-electron chi connectivity index (χ3n) is 6.02. The van der Waals surface area contributed by atoms with Gasteiger partial charge in [0.05, 0.1) is 0 Å². The first-order chi connectivity index (χ1) is 15.2. The maximum atomic E-state index is 15.0. The van der Waals surface area contributed by atoms with Crippen LogP contribution in [0.5, 0.6) is 5.75 Å². The summed E-state index contributed by atoms with van der Waals surface area (Å²) in [7, 11) is 0. The molecule has 1 heterocycles. The van der Waals surface area contributed by atoms with Gasteiger partial charge in [-0.25, -0.2) is 9.29 Å². The summed E-state index contributed by atoms with van der Waals surface area (Å²) in [5, 5.41) is 10.7. The third kappa shape index (κ3) is 4.69. The Hall–Kier alpha value is -1.79. The molecule has 2 atom stereocenters. The number of hydrogen-bond donors (Lipinski definition) is 1. The summed E-state index contributed by atoms with van der Waals surface area (Å²) in [6.45, 7) is 8.45. The summed E-state index contributed by atoms with van der Waals surface area (Å²) in [5.41, 5.74) is -0.905. The SMILES string of the molecule is CC(C)(C)c1cc(CCN2C(F)(F)C(C(F)(F)F)C2(F)C(F)(F)C(F)(F)F)cc(C(C)(C)C)c1O. The van der Waals surface area contributed by atoms with Crippen LogP contribution in [0.25, 0.3) is 0 Å². The Morgan fingerprint density at radius 3 is 1.51 bits per heavy atom. The Balaban J connectivity index is 2.58. The lowest BCUT2D eigenvalue weighted by Gasteiger charge is -2.60. The second-order valence-corrected chi connectivity index (χ2v) is 10.7. The predicted octanol–water partition coefficient (Wildman–Crippen LogP) is 7.48. The van der Waals surface area contributed by atoms with Gasteiger partial charge in [0.15, 0.2) is 5.92 Å². The van der Waals surface area contributed by atoms with E-state index in [4.69, 9.17) is 0 Å². The number of likely N-dealkylation sites (tertiary alicyclic amines) is 1. The summed E-state index contributed by atoms with van der Waals surface area (Å²) < 4.78 is 149. The topological polar surface area (TPSA) is 23.5 Å². The normalized spacial score (nSPS) is 24.4. The fourth-order valence-electron chi connectivity index (χ4n) is 4.19. The van der Waals surface area contributed by atoms with Crippen molar-refractivity contribution >= 4 is 0 Å². The molecule has 0 amide bonds. The number of phenolic OH excluding ortho intramolecular Hbond substituents is 1. The molecule has 1 N–H and O–H groups in total. The van der Waals surface area contributed by atoms with Gasteiger partial charge in [0.25, 0.3) is 5.79 Å². The van der Waals surface area contributed by atoms with Crippen LogP contribution in [0.2, 0.25) is 0 Å². The van der Waals surface area contributed by atoms with E-state index in [0.717, 1.165) is 0 Å². The van der Waals surface area contributed by atoms with Crippen LogP contribution in [0, 0.1) is 5.92 Å². The van der Waals surface area contributed by atoms with E-state index < -0.39 is 64.7 Å². The quantitative estimate of drug-likeness (QED) is 0.323. The van der Waals surface area contributed by atoms with Crippen molar-refractivity contribution in [3.63, 3.8) is 0 Å². The molecule has 1 aromatic carbocycles. The van der Waals surface area contributed by atoms with Crippen LogP contribution in [0.15, 0.2) is 12.1 Å². The third-order valence-corrected chi connectivity index (χ3v) is 6.02. The molecule has 1 fully saturated rings. The van der Waals surface area contributed by atoms with E-state index in [2.05, 4.69) is 0 Å². The molecule has 1 aliphatic heterocycles. The second kappa shape index (κ2) is 8.11. The van der Waals surface area contributed by atoms with Gasteiger partial charge in [0, 0.05) is 6.54 Å². The highest BCUT2D eigenvalue weighted by molar-refractivity contribution is 5.50. The van der Waals surface area contributed by atoms with Crippen molar-refractivity contribution in [2.45, 2.75) is 88.9 Å². The highest BCUT2D eigenvalue weighted by atomic mass is 19.4. The van der Waals surface area contributed by atoms with E-state index in [1.807, 2.05) is 0 Å². The molecule has 35 heavy (non-hydrogen) atoms. The molecule has 0 aromatic heterocycles. The van der Waals surface area contributed by atoms with Gasteiger partial charge in [0.2, 0.25) is 0 Å². The number of hydrogen-bond acceptors (Lipinski definition) is 2. The van der Waals surface area contributed by atoms with E-state index in [9.17, 15) is 49.0 Å². The van der Waals surface area contributed by atoms with Crippen molar-refractivity contribution in [1.29, 1.82) is 0 Å². The van der Waals surface area contributed by atoms with Crippen LogP contribution in [-0.4, -0.2) is 46.7 Å². The number of phenols is 1. The zero-order valence-electron chi connectivity index (χ0n) is 19.7. The minimum atomic E-state index is -6.86. The summed E-state index contributed by atoms with van der Waals surface area (Å²) >= 11 is 0. The molecule has 1 saturated heterocycles. The maximum Gasteiger partial charge on any atom is 0.458 e. The van der Waals surface area contributed by atoms with Crippen LogP contribution >= 0.6 is 0 Å². The highest BCUT2D eigenvalue weighted by Crippen LogP contribution is 2.67. The standard InChI is InChI=1S/C22H26F11NO/c1-16(2,3)12-9-11(10-13(14(12)35)17(4,5)6)7-8-34-18(23,21(29,30)22(31,32)33)15(19(24,25)26)20(34,27)28/h9-10,15,35H,7-8H2,1-6H3. The lowest BCUT2D eigenvalue weighted by Crippen LogP contribution is -2.85. The fraction of sp³-hybridized carbons (Fsp3) is 0.727. The average molecular weight is 529 g/mol. The Labute approximate surface area is 195 Å². The van der Waals surface area contributed by atoms with Crippen molar-refractivity contribution in [3.05, 3.63) is 28.8 Å². The molecule has 13 heteroatoms. The van der Waals surface area contributed by atoms with E-state index in [0.29, 0.717) is 0 Å². The van der Waals surface area contributed by atoms with Crippen LogP contribution in [0.3, 0.4) is 0 Å². The van der Waals surface area contributed by atoms with Gasteiger partial charge in [-0.05, 0) is 33.9 Å². The molecule has 0 saturated carbocycles. The molecule has 0 aliphatic carbocycles. The van der Waals surface area contributed by atoms with Gasteiger partial charge >= 0.3 is 24.3 Å². The molecule has 0 bridgehead atoms. The molecule has 2 nitrogen and oxygen atoms in total. The van der Waals surface area contributed by atoms with Gasteiger partial charge in [-0.2, -0.15) is 43.9 Å². The molecule has 0 spiro atoms. The lowest BCUT2D eigenvalue weighted by atomic mass is 9.76. The zero-order valence-corrected chi connectivity index (χ0v) is 19.7. The largest absolute Gasteiger partial charge is 0.507 e. The average Bonchev–Trinajstić information content (AvgIpc) is 2.57. The number of alkyl halides is 11. The molecule has 1 aromatic rings. The highest BCUT2D eigenvalue weighted by Gasteiger charge is 2.92. The molecular weight excluding hydrogens is 503 g/mol. The van der Waals surface area contributed by atoms with Crippen molar-refractivity contribution in [3.8, 4) is 5.75 Å². The number of halogens is 11. The van der Waals surface area contributed by atoms with Gasteiger partial charge < -0.3 is 5.11 Å². The van der Waals surface area contributed by atoms with Crippen LogP contribution in [0.4, 0.5) is 48.3 Å². The van der Waals surface area contributed by atoms with E-state index in [-0.39, 0.29) is 22.4 Å². The second-order valence-electron chi connectivity index (χ2n) is 10.7. The van der Waals surface area contributed by atoms with Gasteiger partial charge in [-0.3, -0.25) is 0 Å². The number of benzene rings is 1. The van der Waals surface area contributed by atoms with Crippen molar-refractivity contribution < 1.29 is 53.4 Å². The fourth-order valence-corrected chi connectivity index (χ4v) is 4.19. The predicted molar refractivity (Wildman–Crippen MR) is 105 cm³/mol. The van der Waals surface area contributed by atoms with Gasteiger partial charge in [-0.15, -0.1) is 0 Å². The molecule has 1 aliphatic rings. The molecular formula is C22H26F11NO. The number of aromatic hydroxyl groups is 1. The Bertz CT molecular complexity index is 919. The number of rotatable bonds is 4. The van der Waals surface area contributed by atoms with Crippen LogP contribution in [0.1, 0.15) is 58.2 Å². The smallest absolute Gasteiger partial charge is 0.458 e. The Kier molecular flexibility index (Phi) is 6.82. The summed E-state index contributed by atoms with van der Waals surface area (Å²) in [6, 6.07) is -2.82. The molecule has 2 rings (SSSR count). The summed E-state index contributed by atoms with van der Waals surface area (Å²) in [6.07, 6.45) is -14.1. The van der Waals surface area contributed by atoms with Crippen molar-refractivity contribution in [2.24, 2.45) is 5.92 Å². The monoisotopic (exact) mass is 529 g/mol. The molecule has 2 unspecified atom stereocenters. The van der Waals surface area contributed by atoms with E-state index in [1.54, 1.807) is 41.5 Å². The summed E-state index contributed by atoms with van der Waals surface area (Å²) in [4.78, 5) is -1.37. The lowest BCUT2D eigenvalue weighted by molar-refractivity contribution is -0.502. The minimum Gasteiger partial charge on any atom is -0.507 e. The van der Waals surface area contributed by atoms with Gasteiger partial charge in [-0.1, -0.05) is 53.7 Å². The first-order valence-corrected chi connectivity index (χ1v) is 10.4. The molecule has 0 radical (unpaired) electrons. The zero-order chi connectivity index (χ0) is 27.8.